The van der Waals surface area contributed by atoms with Gasteiger partial charge in [0.25, 0.3) is 0 Å². The van der Waals surface area contributed by atoms with Crippen LogP contribution in [0.3, 0.4) is 0 Å². The van der Waals surface area contributed by atoms with Crippen LogP contribution in [0.2, 0.25) is 0 Å². The van der Waals surface area contributed by atoms with E-state index < -0.39 is 6.10 Å². The van der Waals surface area contributed by atoms with E-state index in [-0.39, 0.29) is 11.9 Å². The Labute approximate surface area is 119 Å². The second-order valence-electron chi connectivity index (χ2n) is 5.06. The molecule has 1 saturated heterocycles. The highest BCUT2D eigenvalue weighted by molar-refractivity contribution is 5.35. The van der Waals surface area contributed by atoms with E-state index in [4.69, 9.17) is 9.47 Å². The molecule has 1 aliphatic rings. The van der Waals surface area contributed by atoms with Crippen LogP contribution < -0.4 is 4.74 Å². The standard InChI is InChI=1S/C15H22FNO3/c1-3-17-6-7-19-13(9-17)10-20-15-8-12(16)4-5-14(15)11(2)18/h4-5,8,11,13,18H,3,6-7,9-10H2,1-2H3/t11-,13?/m1/s1. The molecule has 0 amide bonds. The number of ether oxygens (including phenoxy) is 2. The quantitative estimate of drug-likeness (QED) is 0.897. The molecule has 2 atom stereocenters. The fraction of sp³-hybridized carbons (Fsp3) is 0.600. The van der Waals surface area contributed by atoms with Crippen LogP contribution >= 0.6 is 0 Å². The average molecular weight is 283 g/mol. The van der Waals surface area contributed by atoms with Gasteiger partial charge in [-0.3, -0.25) is 4.90 Å². The average Bonchev–Trinajstić information content (AvgIpc) is 2.45. The maximum absolute atomic E-state index is 13.3. The largest absolute Gasteiger partial charge is 0.490 e. The first-order chi connectivity index (χ1) is 9.60. The summed E-state index contributed by atoms with van der Waals surface area (Å²) in [6, 6.07) is 4.18. The van der Waals surface area contributed by atoms with E-state index in [0.717, 1.165) is 19.6 Å². The minimum atomic E-state index is -0.690. The maximum atomic E-state index is 13.3. The summed E-state index contributed by atoms with van der Waals surface area (Å²) in [5.74, 6) is 0.0152. The van der Waals surface area contributed by atoms with Gasteiger partial charge in [0, 0.05) is 24.7 Å². The zero-order valence-corrected chi connectivity index (χ0v) is 12.0. The Balaban J connectivity index is 1.98. The lowest BCUT2D eigenvalue weighted by Gasteiger charge is -2.32. The summed E-state index contributed by atoms with van der Waals surface area (Å²) in [7, 11) is 0. The van der Waals surface area contributed by atoms with Crippen LogP contribution in [0.1, 0.15) is 25.5 Å². The van der Waals surface area contributed by atoms with Gasteiger partial charge in [-0.1, -0.05) is 6.92 Å². The molecule has 1 aliphatic heterocycles. The summed E-state index contributed by atoms with van der Waals surface area (Å²) in [5, 5.41) is 9.67. The predicted octanol–water partition coefficient (Wildman–Crippen LogP) is 1.98. The molecule has 0 bridgehead atoms. The summed E-state index contributed by atoms with van der Waals surface area (Å²) >= 11 is 0. The third-order valence-corrected chi connectivity index (χ3v) is 3.52. The molecule has 0 saturated carbocycles. The molecular formula is C15H22FNO3. The van der Waals surface area contributed by atoms with Crippen molar-refractivity contribution in [2.45, 2.75) is 26.1 Å². The third kappa shape index (κ3) is 3.91. The van der Waals surface area contributed by atoms with Gasteiger partial charge >= 0.3 is 0 Å². The van der Waals surface area contributed by atoms with E-state index in [1.165, 1.54) is 12.1 Å². The van der Waals surface area contributed by atoms with Gasteiger partial charge in [-0.2, -0.15) is 0 Å². The van der Waals surface area contributed by atoms with E-state index >= 15 is 0 Å². The SMILES string of the molecule is CCN1CCOC(COc2cc(F)ccc2[C@@H](C)O)C1. The van der Waals surface area contributed by atoms with Gasteiger partial charge in [-0.05, 0) is 25.6 Å². The molecule has 0 spiro atoms. The van der Waals surface area contributed by atoms with Crippen LogP contribution in [0.15, 0.2) is 18.2 Å². The van der Waals surface area contributed by atoms with Crippen LogP contribution in [0.5, 0.6) is 5.75 Å². The first kappa shape index (κ1) is 15.2. The molecule has 1 aromatic rings. The molecule has 1 fully saturated rings. The number of hydrogen-bond donors (Lipinski definition) is 1. The second kappa shape index (κ2) is 7.02. The number of hydrogen-bond acceptors (Lipinski definition) is 4. The first-order valence-electron chi connectivity index (χ1n) is 7.04. The van der Waals surface area contributed by atoms with E-state index in [2.05, 4.69) is 11.8 Å². The minimum absolute atomic E-state index is 0.0196. The Hall–Kier alpha value is -1.17. The highest BCUT2D eigenvalue weighted by Gasteiger charge is 2.20. The van der Waals surface area contributed by atoms with Crippen molar-refractivity contribution in [1.29, 1.82) is 0 Å². The highest BCUT2D eigenvalue weighted by atomic mass is 19.1. The summed E-state index contributed by atoms with van der Waals surface area (Å²) in [6.45, 7) is 7.53. The van der Waals surface area contributed by atoms with E-state index in [1.54, 1.807) is 13.0 Å². The zero-order valence-electron chi connectivity index (χ0n) is 12.0. The molecule has 0 radical (unpaired) electrons. The van der Waals surface area contributed by atoms with Crippen molar-refractivity contribution in [1.82, 2.24) is 4.90 Å². The van der Waals surface area contributed by atoms with Crippen LogP contribution in [-0.2, 0) is 4.74 Å². The number of halogens is 1. The van der Waals surface area contributed by atoms with Gasteiger partial charge in [0.05, 0.1) is 12.7 Å². The molecule has 1 aromatic carbocycles. The molecule has 5 heteroatoms. The Morgan fingerprint density at radius 3 is 3.05 bits per heavy atom. The molecule has 112 valence electrons. The Kier molecular flexibility index (Phi) is 5.34. The number of benzene rings is 1. The summed E-state index contributed by atoms with van der Waals surface area (Å²) in [5.41, 5.74) is 0.592. The van der Waals surface area contributed by atoms with E-state index in [9.17, 15) is 9.50 Å². The number of rotatable bonds is 5. The predicted molar refractivity (Wildman–Crippen MR) is 74.4 cm³/mol. The fourth-order valence-corrected chi connectivity index (χ4v) is 2.33. The molecule has 1 N–H and O–H groups in total. The maximum Gasteiger partial charge on any atom is 0.128 e. The monoisotopic (exact) mass is 283 g/mol. The highest BCUT2D eigenvalue weighted by Crippen LogP contribution is 2.26. The van der Waals surface area contributed by atoms with E-state index in [0.29, 0.717) is 24.5 Å². The van der Waals surface area contributed by atoms with Crippen LogP contribution in [0, 0.1) is 5.82 Å². The van der Waals surface area contributed by atoms with E-state index in [1.807, 2.05) is 0 Å². The lowest BCUT2D eigenvalue weighted by atomic mass is 10.1. The molecule has 1 heterocycles. The fourth-order valence-electron chi connectivity index (χ4n) is 2.33. The van der Waals surface area contributed by atoms with Gasteiger partial charge in [0.2, 0.25) is 0 Å². The van der Waals surface area contributed by atoms with Gasteiger partial charge < -0.3 is 14.6 Å². The lowest BCUT2D eigenvalue weighted by molar-refractivity contribution is -0.0467. The van der Waals surface area contributed by atoms with Crippen molar-refractivity contribution in [3.63, 3.8) is 0 Å². The van der Waals surface area contributed by atoms with Crippen LogP contribution in [0.25, 0.3) is 0 Å². The smallest absolute Gasteiger partial charge is 0.128 e. The van der Waals surface area contributed by atoms with Crippen LogP contribution in [0.4, 0.5) is 4.39 Å². The van der Waals surface area contributed by atoms with Gasteiger partial charge in [-0.15, -0.1) is 0 Å². The summed E-state index contributed by atoms with van der Waals surface area (Å²) in [4.78, 5) is 2.29. The minimum Gasteiger partial charge on any atom is -0.490 e. The molecule has 0 aromatic heterocycles. The van der Waals surface area contributed by atoms with Crippen molar-refractivity contribution in [2.75, 3.05) is 32.8 Å². The third-order valence-electron chi connectivity index (χ3n) is 3.52. The molecule has 20 heavy (non-hydrogen) atoms. The van der Waals surface area contributed by atoms with Gasteiger partial charge in [0.1, 0.15) is 24.3 Å². The Bertz CT molecular complexity index is 439. The van der Waals surface area contributed by atoms with Crippen molar-refractivity contribution in [2.24, 2.45) is 0 Å². The van der Waals surface area contributed by atoms with Crippen molar-refractivity contribution < 1.29 is 19.0 Å². The van der Waals surface area contributed by atoms with Crippen molar-refractivity contribution >= 4 is 0 Å². The topological polar surface area (TPSA) is 41.9 Å². The number of morpholine rings is 1. The Morgan fingerprint density at radius 2 is 2.35 bits per heavy atom. The van der Waals surface area contributed by atoms with Crippen LogP contribution in [-0.4, -0.2) is 49.0 Å². The number of aliphatic hydroxyl groups is 1. The number of likely N-dealkylation sites (N-methyl/N-ethyl adjacent to an activating group) is 1. The molecule has 0 aliphatic carbocycles. The van der Waals surface area contributed by atoms with Gasteiger partial charge in [-0.25, -0.2) is 4.39 Å². The van der Waals surface area contributed by atoms with Crippen molar-refractivity contribution in [3.8, 4) is 5.75 Å². The van der Waals surface area contributed by atoms with Gasteiger partial charge in [0.15, 0.2) is 0 Å². The first-order valence-corrected chi connectivity index (χ1v) is 7.04. The lowest BCUT2D eigenvalue weighted by Crippen LogP contribution is -2.44. The Morgan fingerprint density at radius 1 is 1.55 bits per heavy atom. The molecule has 4 nitrogen and oxygen atoms in total. The second-order valence-corrected chi connectivity index (χ2v) is 5.06. The molecular weight excluding hydrogens is 261 g/mol. The number of aliphatic hydroxyl groups excluding tert-OH is 1. The van der Waals surface area contributed by atoms with Crippen molar-refractivity contribution in [3.05, 3.63) is 29.6 Å². The zero-order chi connectivity index (χ0) is 14.5. The summed E-state index contributed by atoms with van der Waals surface area (Å²) < 4.78 is 24.6. The number of nitrogens with zero attached hydrogens (tertiary/aromatic N) is 1. The normalized spacial score (nSPS) is 21.7. The molecule has 2 rings (SSSR count). The summed E-state index contributed by atoms with van der Waals surface area (Å²) in [6.07, 6.45) is -0.709. The molecule has 1 unspecified atom stereocenters.